The molecule has 346 valence electrons. The number of hydrogen-bond acceptors (Lipinski definition) is 10. The molecule has 2 aromatic carbocycles. The maximum atomic E-state index is 14.2. The number of methoxy groups -OCH3 is 2. The highest BCUT2D eigenvalue weighted by atomic mass is 16.5. The number of ether oxygens (including phenoxy) is 5. The maximum Gasteiger partial charge on any atom is 0.309 e. The lowest BCUT2D eigenvalue weighted by molar-refractivity contribution is -0.202. The molecule has 4 saturated carbocycles. The van der Waals surface area contributed by atoms with E-state index in [0.29, 0.717) is 52.2 Å². The topological polar surface area (TPSA) is 158 Å². The van der Waals surface area contributed by atoms with E-state index in [4.69, 9.17) is 23.7 Å². The summed E-state index contributed by atoms with van der Waals surface area (Å²) in [4.78, 5) is 40.0. The number of benzene rings is 2. The van der Waals surface area contributed by atoms with Crippen molar-refractivity contribution in [2.75, 3.05) is 20.8 Å². The van der Waals surface area contributed by atoms with Crippen molar-refractivity contribution in [3.63, 3.8) is 0 Å². The Morgan fingerprint density at radius 2 is 1.53 bits per heavy atom. The molecule has 0 radical (unpaired) electrons. The number of allylic oxidation sites excluding steroid dienone is 2. The van der Waals surface area contributed by atoms with Gasteiger partial charge in [0, 0.05) is 23.6 Å². The van der Waals surface area contributed by atoms with Gasteiger partial charge in [0.25, 0.3) is 0 Å². The molecule has 11 unspecified atom stereocenters. The van der Waals surface area contributed by atoms with Crippen LogP contribution in [0.3, 0.4) is 0 Å². The number of ketones is 2. The number of hydrogen-bond donors (Lipinski definition) is 3. The summed E-state index contributed by atoms with van der Waals surface area (Å²) in [6.07, 6.45) is 13.2. The Morgan fingerprint density at radius 1 is 0.844 bits per heavy atom. The molecule has 3 heterocycles. The molecular weight excluding hydrogens is 813 g/mol. The van der Waals surface area contributed by atoms with Gasteiger partial charge < -0.3 is 39.0 Å². The minimum Gasteiger partial charge on any atom is -0.507 e. The SMILES string of the molecule is CC1(C(=O)O)CCC2(C)CCC3(C)C(=CC(=O)C4C5(C)CCC(O)C(C)(C)C5CCC43C)C2C1.COc1cc2c(cc1OC)C1C(=O)c3c(O)cc4c(c3OC1CO2)C=CC(C)(C)O4. The molecule has 3 N–H and O–H groups in total. The van der Waals surface area contributed by atoms with Crippen molar-refractivity contribution in [1.29, 1.82) is 0 Å². The van der Waals surface area contributed by atoms with Crippen LogP contribution in [-0.2, 0) is 9.59 Å². The number of Topliss-reactive ketones (excluding diaryl/α,β-unsaturated/α-hetero) is 1. The molecule has 0 amide bonds. The average Bonchev–Trinajstić information content (AvgIpc) is 3.22. The van der Waals surface area contributed by atoms with Crippen LogP contribution in [0.4, 0.5) is 0 Å². The Kier molecular flexibility index (Phi) is 10.1. The number of carboxylic acids is 1. The van der Waals surface area contributed by atoms with Crippen LogP contribution < -0.4 is 23.7 Å². The van der Waals surface area contributed by atoms with Gasteiger partial charge in [0.15, 0.2) is 23.1 Å². The molecule has 8 aliphatic rings. The first-order valence-electron chi connectivity index (χ1n) is 23.4. The molecule has 4 fully saturated rings. The van der Waals surface area contributed by atoms with E-state index in [1.165, 1.54) is 18.7 Å². The summed E-state index contributed by atoms with van der Waals surface area (Å²) < 4.78 is 28.8. The summed E-state index contributed by atoms with van der Waals surface area (Å²) in [5.41, 5.74) is 1.07. The van der Waals surface area contributed by atoms with Crippen LogP contribution >= 0.6 is 0 Å². The fraction of sp³-hybridized carbons (Fsp3) is 0.642. The van der Waals surface area contributed by atoms with E-state index in [1.807, 2.05) is 39.0 Å². The highest BCUT2D eigenvalue weighted by molar-refractivity contribution is 6.08. The zero-order chi connectivity index (χ0) is 46.3. The van der Waals surface area contributed by atoms with Gasteiger partial charge >= 0.3 is 5.97 Å². The van der Waals surface area contributed by atoms with E-state index in [2.05, 4.69) is 41.5 Å². The van der Waals surface area contributed by atoms with Crippen molar-refractivity contribution in [1.82, 2.24) is 0 Å². The minimum absolute atomic E-state index is 0.0296. The molecule has 11 heteroatoms. The summed E-state index contributed by atoms with van der Waals surface area (Å²) in [6.45, 7) is 19.9. The first kappa shape index (κ1) is 44.7. The van der Waals surface area contributed by atoms with Crippen LogP contribution in [0.5, 0.6) is 34.5 Å². The van der Waals surface area contributed by atoms with E-state index >= 15 is 0 Å². The average molecular weight is 881 g/mol. The largest absolute Gasteiger partial charge is 0.507 e. The zero-order valence-electron chi connectivity index (χ0n) is 39.6. The number of carbonyl (C=O) groups excluding carboxylic acids is 2. The maximum absolute atomic E-state index is 14.2. The lowest BCUT2D eigenvalue weighted by Crippen LogP contribution is -2.66. The third-order valence-corrected chi connectivity index (χ3v) is 18.8. The van der Waals surface area contributed by atoms with E-state index in [1.54, 1.807) is 19.2 Å². The predicted molar refractivity (Wildman–Crippen MR) is 241 cm³/mol. The van der Waals surface area contributed by atoms with Crippen LogP contribution in [0.2, 0.25) is 0 Å². The van der Waals surface area contributed by atoms with Gasteiger partial charge in [-0.2, -0.15) is 0 Å². The van der Waals surface area contributed by atoms with Crippen molar-refractivity contribution in [3.05, 3.63) is 52.6 Å². The van der Waals surface area contributed by atoms with Gasteiger partial charge in [-0.05, 0) is 142 Å². The highest BCUT2D eigenvalue weighted by Gasteiger charge is 2.70. The summed E-state index contributed by atoms with van der Waals surface area (Å²) >= 11 is 0. The van der Waals surface area contributed by atoms with E-state index in [-0.39, 0.29) is 74.5 Å². The van der Waals surface area contributed by atoms with Crippen molar-refractivity contribution >= 4 is 23.6 Å². The Labute approximate surface area is 377 Å². The number of aromatic hydroxyl groups is 1. The van der Waals surface area contributed by atoms with Crippen molar-refractivity contribution in [2.45, 2.75) is 144 Å². The van der Waals surface area contributed by atoms with Crippen LogP contribution in [0.15, 0.2) is 35.9 Å². The van der Waals surface area contributed by atoms with Crippen LogP contribution in [-0.4, -0.2) is 71.5 Å². The van der Waals surface area contributed by atoms with Crippen LogP contribution in [0.25, 0.3) is 6.08 Å². The normalized spacial score (nSPS) is 39.2. The number of aliphatic hydroxyl groups excluding tert-OH is 1. The molecule has 0 bridgehead atoms. The number of phenols is 1. The van der Waals surface area contributed by atoms with Gasteiger partial charge in [-0.15, -0.1) is 0 Å². The second-order valence-corrected chi connectivity index (χ2v) is 23.0. The molecule has 3 aliphatic heterocycles. The van der Waals surface area contributed by atoms with Crippen LogP contribution in [0, 0.1) is 50.2 Å². The number of aliphatic hydroxyl groups is 1. The summed E-state index contributed by atoms with van der Waals surface area (Å²) in [7, 11) is 3.07. The van der Waals surface area contributed by atoms with Gasteiger partial charge in [0.2, 0.25) is 0 Å². The van der Waals surface area contributed by atoms with Gasteiger partial charge in [-0.1, -0.05) is 47.1 Å². The number of carbonyl (C=O) groups is 3. The Balaban J connectivity index is 0.000000163. The quantitative estimate of drug-likeness (QED) is 0.270. The second kappa shape index (κ2) is 14.5. The smallest absolute Gasteiger partial charge is 0.309 e. The number of aliphatic carboxylic acids is 1. The monoisotopic (exact) mass is 880 g/mol. The summed E-state index contributed by atoms with van der Waals surface area (Å²) in [5, 5.41) is 31.6. The molecule has 0 aromatic heterocycles. The molecule has 2 aromatic rings. The Morgan fingerprint density at radius 3 is 2.22 bits per heavy atom. The molecular formula is C53H68O11. The second-order valence-electron chi connectivity index (χ2n) is 23.0. The van der Waals surface area contributed by atoms with Crippen molar-refractivity contribution in [2.24, 2.45) is 50.2 Å². The lowest BCUT2D eigenvalue weighted by atomic mass is 9.33. The number of rotatable bonds is 3. The molecule has 11 nitrogen and oxygen atoms in total. The Bertz CT molecular complexity index is 2390. The fourth-order valence-electron chi connectivity index (χ4n) is 14.6. The molecule has 10 rings (SSSR count). The molecule has 0 saturated heterocycles. The number of phenolic OH excluding ortho intramolecular Hbond substituents is 1. The van der Waals surface area contributed by atoms with E-state index in [9.17, 15) is 29.7 Å². The predicted octanol–water partition coefficient (Wildman–Crippen LogP) is 10.1. The molecule has 5 aliphatic carbocycles. The van der Waals surface area contributed by atoms with Gasteiger partial charge in [-0.25, -0.2) is 0 Å². The molecule has 11 atom stereocenters. The Hall–Kier alpha value is -4.51. The van der Waals surface area contributed by atoms with Crippen molar-refractivity contribution < 1.29 is 53.4 Å². The first-order valence-corrected chi connectivity index (χ1v) is 23.4. The molecule has 64 heavy (non-hydrogen) atoms. The fourth-order valence-corrected chi connectivity index (χ4v) is 14.6. The number of carboxylic acid groups (broad SMARTS) is 1. The zero-order valence-corrected chi connectivity index (χ0v) is 39.6. The van der Waals surface area contributed by atoms with E-state index in [0.717, 1.165) is 51.4 Å². The minimum atomic E-state index is -0.711. The highest BCUT2D eigenvalue weighted by Crippen LogP contribution is 2.75. The third-order valence-electron chi connectivity index (χ3n) is 18.8. The lowest BCUT2D eigenvalue weighted by Gasteiger charge is -2.70. The van der Waals surface area contributed by atoms with Gasteiger partial charge in [-0.3, -0.25) is 14.4 Å². The first-order chi connectivity index (χ1) is 29.9. The van der Waals surface area contributed by atoms with Gasteiger partial charge in [0.1, 0.15) is 46.9 Å². The summed E-state index contributed by atoms with van der Waals surface area (Å²) in [5.74, 6) is 1.40. The standard InChI is InChI=1S/C30H46O4.C23H22O7/c1-25(2)21-8-11-30(7)23(28(21,5)10-9-22(25)32)20(31)16-18-19-17-27(4,24(33)34)13-12-26(19,3)14-15-29(18,30)6;1-23(2)6-5-11-15(30-23)8-13(24)20-21(25)19-12-7-16(26-3)17(27-4)9-14(12)28-10-18(19)29-22(11)20/h16,19,21-23,32H,8-15,17H2,1-7H3,(H,33,34);5-9,18-19,24H,10H2,1-4H3. The third kappa shape index (κ3) is 6.24. The summed E-state index contributed by atoms with van der Waals surface area (Å²) in [6, 6.07) is 4.92. The van der Waals surface area contributed by atoms with Gasteiger partial charge in [0.05, 0.1) is 37.2 Å². The van der Waals surface area contributed by atoms with E-state index < -0.39 is 29.0 Å². The van der Waals surface area contributed by atoms with Crippen molar-refractivity contribution in [3.8, 4) is 34.5 Å². The number of fused-ring (bicyclic) bond motifs is 13. The molecule has 0 spiro atoms. The van der Waals surface area contributed by atoms with Crippen LogP contribution in [0.1, 0.15) is 148 Å².